The quantitative estimate of drug-likeness (QED) is 0.533. The van der Waals surface area contributed by atoms with Gasteiger partial charge in [0.05, 0.1) is 0 Å². The van der Waals surface area contributed by atoms with Gasteiger partial charge in [-0.05, 0) is 13.0 Å². The number of aromatic hydroxyl groups is 1. The largest absolute Gasteiger partial charge is 0.507 e. The van der Waals surface area contributed by atoms with Crippen molar-refractivity contribution in [3.05, 3.63) is 35.9 Å². The summed E-state index contributed by atoms with van der Waals surface area (Å²) >= 11 is 0. The molecular weight excluding hydrogens is 152 g/mol. The SMILES string of the molecule is C/C=C(/C=O)c1ccccc1O. The fraction of sp³-hybridized carbons (Fsp3) is 0.100. The maximum atomic E-state index is 10.5. The number of para-hydroxylation sites is 1. The van der Waals surface area contributed by atoms with E-state index in [-0.39, 0.29) is 5.75 Å². The lowest BCUT2D eigenvalue weighted by Gasteiger charge is -2.01. The molecule has 0 heterocycles. The van der Waals surface area contributed by atoms with Crippen LogP contribution in [0.4, 0.5) is 0 Å². The van der Waals surface area contributed by atoms with Gasteiger partial charge in [0, 0.05) is 11.1 Å². The number of allylic oxidation sites excluding steroid dienone is 2. The molecule has 0 unspecified atom stereocenters. The summed E-state index contributed by atoms with van der Waals surface area (Å²) in [6.45, 7) is 1.76. The predicted molar refractivity (Wildman–Crippen MR) is 47.8 cm³/mol. The summed E-state index contributed by atoms with van der Waals surface area (Å²) in [5.41, 5.74) is 1.09. The first-order valence-electron chi connectivity index (χ1n) is 3.69. The van der Waals surface area contributed by atoms with Gasteiger partial charge in [0.1, 0.15) is 12.0 Å². The molecule has 12 heavy (non-hydrogen) atoms. The molecule has 2 heteroatoms. The topological polar surface area (TPSA) is 37.3 Å². The third-order valence-electron chi connectivity index (χ3n) is 1.65. The van der Waals surface area contributed by atoms with Crippen LogP contribution < -0.4 is 0 Å². The Hall–Kier alpha value is -1.57. The van der Waals surface area contributed by atoms with E-state index in [1.54, 1.807) is 37.3 Å². The summed E-state index contributed by atoms with van der Waals surface area (Å²) < 4.78 is 0. The molecule has 0 aliphatic carbocycles. The van der Waals surface area contributed by atoms with E-state index >= 15 is 0 Å². The van der Waals surface area contributed by atoms with Crippen LogP contribution in [0.1, 0.15) is 12.5 Å². The molecule has 0 atom stereocenters. The second kappa shape index (κ2) is 3.72. The zero-order valence-corrected chi connectivity index (χ0v) is 6.82. The molecule has 0 aliphatic heterocycles. The summed E-state index contributed by atoms with van der Waals surface area (Å²) in [7, 11) is 0. The van der Waals surface area contributed by atoms with Crippen LogP contribution in [-0.4, -0.2) is 11.4 Å². The first-order valence-corrected chi connectivity index (χ1v) is 3.69. The molecule has 0 spiro atoms. The molecule has 1 aromatic rings. The number of carbonyl (C=O) groups is 1. The summed E-state index contributed by atoms with van der Waals surface area (Å²) in [6.07, 6.45) is 2.40. The van der Waals surface area contributed by atoms with E-state index in [9.17, 15) is 9.90 Å². The fourth-order valence-corrected chi connectivity index (χ4v) is 1.00. The van der Waals surface area contributed by atoms with E-state index in [1.807, 2.05) is 0 Å². The number of aldehydes is 1. The van der Waals surface area contributed by atoms with Crippen LogP contribution in [0.25, 0.3) is 5.57 Å². The number of carbonyl (C=O) groups excluding carboxylic acids is 1. The lowest BCUT2D eigenvalue weighted by atomic mass is 10.1. The Bertz CT molecular complexity index is 313. The number of phenols is 1. The summed E-state index contributed by atoms with van der Waals surface area (Å²) in [5, 5.41) is 9.34. The number of hydrogen-bond acceptors (Lipinski definition) is 2. The van der Waals surface area contributed by atoms with Gasteiger partial charge in [0.2, 0.25) is 0 Å². The lowest BCUT2D eigenvalue weighted by Crippen LogP contribution is -1.85. The van der Waals surface area contributed by atoms with Crippen molar-refractivity contribution in [1.82, 2.24) is 0 Å². The Balaban J connectivity index is 3.18. The van der Waals surface area contributed by atoms with Gasteiger partial charge in [0.25, 0.3) is 0 Å². The Morgan fingerprint density at radius 2 is 2.08 bits per heavy atom. The van der Waals surface area contributed by atoms with Crippen LogP contribution in [0.15, 0.2) is 30.3 Å². The van der Waals surface area contributed by atoms with E-state index in [1.165, 1.54) is 0 Å². The number of hydrogen-bond donors (Lipinski definition) is 1. The molecule has 1 rings (SSSR count). The second-order valence-electron chi connectivity index (χ2n) is 2.38. The molecule has 0 amide bonds. The Kier molecular flexibility index (Phi) is 2.64. The van der Waals surface area contributed by atoms with E-state index in [2.05, 4.69) is 0 Å². The predicted octanol–water partition coefficient (Wildman–Crippen LogP) is 1.99. The summed E-state index contributed by atoms with van der Waals surface area (Å²) in [4.78, 5) is 10.5. The molecule has 1 N–H and O–H groups in total. The third-order valence-corrected chi connectivity index (χ3v) is 1.65. The average Bonchev–Trinajstić information content (AvgIpc) is 2.10. The molecule has 1 aromatic carbocycles. The van der Waals surface area contributed by atoms with Crippen molar-refractivity contribution in [2.45, 2.75) is 6.92 Å². The van der Waals surface area contributed by atoms with Gasteiger partial charge < -0.3 is 5.11 Å². The third kappa shape index (κ3) is 1.53. The Morgan fingerprint density at radius 1 is 1.42 bits per heavy atom. The van der Waals surface area contributed by atoms with Gasteiger partial charge in [-0.2, -0.15) is 0 Å². The summed E-state index contributed by atoms with van der Waals surface area (Å²) in [5.74, 6) is 0.137. The van der Waals surface area contributed by atoms with Crippen molar-refractivity contribution >= 4 is 11.9 Å². The van der Waals surface area contributed by atoms with Crippen LogP contribution in [0.2, 0.25) is 0 Å². The Labute approximate surface area is 71.2 Å². The van der Waals surface area contributed by atoms with Gasteiger partial charge in [-0.25, -0.2) is 0 Å². The summed E-state index contributed by atoms with van der Waals surface area (Å²) in [6, 6.07) is 6.76. The van der Waals surface area contributed by atoms with E-state index in [0.29, 0.717) is 11.1 Å². The van der Waals surface area contributed by atoms with Crippen molar-refractivity contribution in [3.8, 4) is 5.75 Å². The minimum absolute atomic E-state index is 0.137. The van der Waals surface area contributed by atoms with Crippen LogP contribution in [0, 0.1) is 0 Å². The van der Waals surface area contributed by atoms with Gasteiger partial charge in [-0.3, -0.25) is 4.79 Å². The first-order chi connectivity index (χ1) is 5.79. The second-order valence-corrected chi connectivity index (χ2v) is 2.38. The lowest BCUT2D eigenvalue weighted by molar-refractivity contribution is -0.103. The minimum Gasteiger partial charge on any atom is -0.507 e. The molecule has 0 radical (unpaired) electrons. The highest BCUT2D eigenvalue weighted by Crippen LogP contribution is 2.22. The molecule has 62 valence electrons. The normalized spacial score (nSPS) is 11.2. The highest BCUT2D eigenvalue weighted by molar-refractivity contribution is 6.07. The minimum atomic E-state index is 0.137. The average molecular weight is 162 g/mol. The Morgan fingerprint density at radius 3 is 2.58 bits per heavy atom. The zero-order chi connectivity index (χ0) is 8.97. The van der Waals surface area contributed by atoms with Crippen LogP contribution in [-0.2, 0) is 4.79 Å². The fourth-order valence-electron chi connectivity index (χ4n) is 1.00. The van der Waals surface area contributed by atoms with Crippen molar-refractivity contribution < 1.29 is 9.90 Å². The highest BCUT2D eigenvalue weighted by atomic mass is 16.3. The highest BCUT2D eigenvalue weighted by Gasteiger charge is 2.02. The molecular formula is C10H10O2. The van der Waals surface area contributed by atoms with Crippen molar-refractivity contribution in [2.24, 2.45) is 0 Å². The van der Waals surface area contributed by atoms with E-state index < -0.39 is 0 Å². The standard InChI is InChI=1S/C10H10O2/c1-2-8(7-11)9-5-3-4-6-10(9)12/h2-7,12H,1H3/b8-2-. The first kappa shape index (κ1) is 8.53. The zero-order valence-electron chi connectivity index (χ0n) is 6.82. The van der Waals surface area contributed by atoms with E-state index in [0.717, 1.165) is 6.29 Å². The molecule has 0 fully saturated rings. The van der Waals surface area contributed by atoms with Gasteiger partial charge in [0.15, 0.2) is 0 Å². The van der Waals surface area contributed by atoms with Crippen LogP contribution in [0.3, 0.4) is 0 Å². The number of benzene rings is 1. The van der Waals surface area contributed by atoms with Crippen molar-refractivity contribution in [2.75, 3.05) is 0 Å². The van der Waals surface area contributed by atoms with Crippen LogP contribution >= 0.6 is 0 Å². The number of rotatable bonds is 2. The maximum absolute atomic E-state index is 10.5. The molecule has 2 nitrogen and oxygen atoms in total. The number of phenolic OH excluding ortho intramolecular Hbond substituents is 1. The molecule has 0 saturated carbocycles. The van der Waals surface area contributed by atoms with Gasteiger partial charge >= 0.3 is 0 Å². The van der Waals surface area contributed by atoms with Crippen molar-refractivity contribution in [1.29, 1.82) is 0 Å². The monoisotopic (exact) mass is 162 g/mol. The maximum Gasteiger partial charge on any atom is 0.150 e. The van der Waals surface area contributed by atoms with Crippen molar-refractivity contribution in [3.63, 3.8) is 0 Å². The molecule has 0 saturated heterocycles. The van der Waals surface area contributed by atoms with Gasteiger partial charge in [-0.1, -0.05) is 24.3 Å². The van der Waals surface area contributed by atoms with Crippen LogP contribution in [0.5, 0.6) is 5.75 Å². The molecule has 0 aliphatic rings. The molecule has 0 aromatic heterocycles. The van der Waals surface area contributed by atoms with E-state index in [4.69, 9.17) is 0 Å². The van der Waals surface area contributed by atoms with Gasteiger partial charge in [-0.15, -0.1) is 0 Å². The smallest absolute Gasteiger partial charge is 0.150 e. The molecule has 0 bridgehead atoms.